The summed E-state index contributed by atoms with van der Waals surface area (Å²) < 4.78 is 1.65. The maximum Gasteiger partial charge on any atom is 0.271 e. The molecule has 100 valence electrons. The first-order valence-electron chi connectivity index (χ1n) is 6.05. The maximum atomic E-state index is 10.7. The van der Waals surface area contributed by atoms with Gasteiger partial charge in [0.15, 0.2) is 5.82 Å². The summed E-state index contributed by atoms with van der Waals surface area (Å²) in [7, 11) is 0. The normalized spacial score (nSPS) is 10.6. The van der Waals surface area contributed by atoms with Gasteiger partial charge in [0.25, 0.3) is 5.69 Å². The zero-order chi connectivity index (χ0) is 14.0. The van der Waals surface area contributed by atoms with Crippen molar-refractivity contribution >= 4 is 11.4 Å². The van der Waals surface area contributed by atoms with Crippen molar-refractivity contribution in [3.8, 4) is 5.69 Å². The van der Waals surface area contributed by atoms with Crippen LogP contribution in [0.3, 0.4) is 0 Å². The van der Waals surface area contributed by atoms with E-state index < -0.39 is 4.92 Å². The van der Waals surface area contributed by atoms with Crippen molar-refractivity contribution in [2.75, 3.05) is 5.73 Å². The molecule has 0 aliphatic rings. The second-order valence-corrected chi connectivity index (χ2v) is 4.06. The third-order valence-electron chi connectivity index (χ3n) is 2.80. The fourth-order valence-corrected chi connectivity index (χ4v) is 1.81. The van der Waals surface area contributed by atoms with Gasteiger partial charge in [-0.1, -0.05) is 13.8 Å². The summed E-state index contributed by atoms with van der Waals surface area (Å²) >= 11 is 0. The summed E-state index contributed by atoms with van der Waals surface area (Å²) in [5.74, 6) is 1.52. The van der Waals surface area contributed by atoms with Crippen molar-refractivity contribution in [1.82, 2.24) is 14.8 Å². The minimum Gasteiger partial charge on any atom is -0.397 e. The number of rotatable bonds is 4. The highest BCUT2D eigenvalue weighted by molar-refractivity contribution is 5.62. The van der Waals surface area contributed by atoms with Crippen LogP contribution < -0.4 is 5.73 Å². The minimum atomic E-state index is -0.473. The van der Waals surface area contributed by atoms with Gasteiger partial charge in [0.2, 0.25) is 0 Å². The predicted octanol–water partition coefficient (Wildman–Crippen LogP) is 1.88. The van der Waals surface area contributed by atoms with Crippen molar-refractivity contribution in [2.45, 2.75) is 26.7 Å². The van der Waals surface area contributed by atoms with Crippen LogP contribution in [0.15, 0.2) is 18.2 Å². The highest BCUT2D eigenvalue weighted by atomic mass is 16.6. The number of hydrogen-bond donors (Lipinski definition) is 1. The van der Waals surface area contributed by atoms with Gasteiger partial charge < -0.3 is 5.73 Å². The number of aryl methyl sites for hydroxylation is 2. The smallest absolute Gasteiger partial charge is 0.271 e. The molecule has 0 aliphatic heterocycles. The summed E-state index contributed by atoms with van der Waals surface area (Å²) in [6.45, 7) is 3.94. The molecule has 0 fully saturated rings. The van der Waals surface area contributed by atoms with Crippen LogP contribution in [0.25, 0.3) is 5.69 Å². The van der Waals surface area contributed by atoms with E-state index in [0.717, 1.165) is 18.1 Å². The molecule has 0 radical (unpaired) electrons. The molecule has 0 saturated carbocycles. The summed E-state index contributed by atoms with van der Waals surface area (Å²) in [5.41, 5.74) is 6.78. The highest BCUT2D eigenvalue weighted by Crippen LogP contribution is 2.23. The SMILES string of the molecule is CCc1nc(CC)n(-c2ccc([N+](=O)[O-])cc2N)n1. The number of non-ortho nitro benzene ring substituents is 1. The van der Waals surface area contributed by atoms with E-state index in [1.54, 1.807) is 10.7 Å². The molecule has 1 heterocycles. The standard InChI is InChI=1S/C12H15N5O2/c1-3-11-14-12(4-2)16(15-11)10-6-5-8(17(18)19)7-9(10)13/h5-7H,3-4,13H2,1-2H3. The van der Waals surface area contributed by atoms with Gasteiger partial charge in [0.05, 0.1) is 16.3 Å². The number of nitrogens with two attached hydrogens (primary N) is 1. The van der Waals surface area contributed by atoms with E-state index in [0.29, 0.717) is 17.8 Å². The zero-order valence-electron chi connectivity index (χ0n) is 10.8. The lowest BCUT2D eigenvalue weighted by Gasteiger charge is -2.07. The monoisotopic (exact) mass is 261 g/mol. The molecule has 0 unspecified atom stereocenters. The largest absolute Gasteiger partial charge is 0.397 e. The number of nitro groups is 1. The number of benzene rings is 1. The number of nitro benzene ring substituents is 1. The predicted molar refractivity (Wildman–Crippen MR) is 71.2 cm³/mol. The molecule has 2 aromatic rings. The number of aromatic nitrogens is 3. The molecule has 1 aromatic carbocycles. The average Bonchev–Trinajstić information content (AvgIpc) is 2.81. The molecule has 0 bridgehead atoms. The molecule has 0 amide bonds. The van der Waals surface area contributed by atoms with E-state index in [1.165, 1.54) is 12.1 Å². The summed E-state index contributed by atoms with van der Waals surface area (Å²) in [5, 5.41) is 15.1. The summed E-state index contributed by atoms with van der Waals surface area (Å²) in [6.07, 6.45) is 1.44. The van der Waals surface area contributed by atoms with Crippen LogP contribution in [-0.4, -0.2) is 19.7 Å². The minimum absolute atomic E-state index is 0.0323. The first-order valence-corrected chi connectivity index (χ1v) is 6.05. The van der Waals surface area contributed by atoms with Crippen LogP contribution in [0.1, 0.15) is 25.5 Å². The number of anilines is 1. The first kappa shape index (κ1) is 13.0. The van der Waals surface area contributed by atoms with Gasteiger partial charge in [-0.2, -0.15) is 5.10 Å². The Labute approximate surface area is 110 Å². The lowest BCUT2D eigenvalue weighted by atomic mass is 10.2. The highest BCUT2D eigenvalue weighted by Gasteiger charge is 2.14. The van der Waals surface area contributed by atoms with Gasteiger partial charge in [-0.15, -0.1) is 0 Å². The third-order valence-corrected chi connectivity index (χ3v) is 2.80. The molecule has 1 aromatic heterocycles. The van der Waals surface area contributed by atoms with Crippen LogP contribution in [0, 0.1) is 10.1 Å². The van der Waals surface area contributed by atoms with E-state index >= 15 is 0 Å². The Kier molecular flexibility index (Phi) is 3.46. The molecular weight excluding hydrogens is 246 g/mol. The molecule has 0 atom stereocenters. The van der Waals surface area contributed by atoms with Gasteiger partial charge in [0.1, 0.15) is 5.82 Å². The molecule has 2 N–H and O–H groups in total. The van der Waals surface area contributed by atoms with Crippen molar-refractivity contribution in [2.24, 2.45) is 0 Å². The fraction of sp³-hybridized carbons (Fsp3) is 0.333. The Morgan fingerprint density at radius 3 is 2.63 bits per heavy atom. The first-order chi connectivity index (χ1) is 9.06. The average molecular weight is 261 g/mol. The molecule has 7 heteroatoms. The Morgan fingerprint density at radius 1 is 1.37 bits per heavy atom. The molecule has 0 spiro atoms. The second kappa shape index (κ2) is 5.05. The van der Waals surface area contributed by atoms with Gasteiger partial charge in [-0.25, -0.2) is 9.67 Å². The van der Waals surface area contributed by atoms with Crippen LogP contribution in [0.4, 0.5) is 11.4 Å². The fourth-order valence-electron chi connectivity index (χ4n) is 1.81. The van der Waals surface area contributed by atoms with Crippen LogP contribution >= 0.6 is 0 Å². The van der Waals surface area contributed by atoms with Gasteiger partial charge in [0, 0.05) is 25.0 Å². The summed E-state index contributed by atoms with van der Waals surface area (Å²) in [4.78, 5) is 14.6. The lowest BCUT2D eigenvalue weighted by Crippen LogP contribution is -2.06. The van der Waals surface area contributed by atoms with Gasteiger partial charge in [-0.05, 0) is 6.07 Å². The molecule has 7 nitrogen and oxygen atoms in total. The third kappa shape index (κ3) is 2.40. The Balaban J connectivity index is 2.52. The van der Waals surface area contributed by atoms with Gasteiger partial charge in [-0.3, -0.25) is 10.1 Å². The lowest BCUT2D eigenvalue weighted by molar-refractivity contribution is -0.384. The molecular formula is C12H15N5O2. The molecule has 19 heavy (non-hydrogen) atoms. The van der Waals surface area contributed by atoms with E-state index in [9.17, 15) is 10.1 Å². The molecule has 2 rings (SSSR count). The van der Waals surface area contributed by atoms with E-state index in [-0.39, 0.29) is 5.69 Å². The Morgan fingerprint density at radius 2 is 2.11 bits per heavy atom. The quantitative estimate of drug-likeness (QED) is 0.514. The van der Waals surface area contributed by atoms with E-state index in [2.05, 4.69) is 10.1 Å². The molecule has 0 saturated heterocycles. The van der Waals surface area contributed by atoms with E-state index in [4.69, 9.17) is 5.73 Å². The number of nitrogen functional groups attached to an aromatic ring is 1. The van der Waals surface area contributed by atoms with Crippen LogP contribution in [-0.2, 0) is 12.8 Å². The summed E-state index contributed by atoms with van der Waals surface area (Å²) in [6, 6.07) is 4.35. The van der Waals surface area contributed by atoms with Crippen molar-refractivity contribution in [3.05, 3.63) is 40.0 Å². The van der Waals surface area contributed by atoms with Crippen LogP contribution in [0.2, 0.25) is 0 Å². The topological polar surface area (TPSA) is 99.9 Å². The molecule has 0 aliphatic carbocycles. The number of nitrogens with zero attached hydrogens (tertiary/aromatic N) is 4. The van der Waals surface area contributed by atoms with E-state index in [1.807, 2.05) is 13.8 Å². The van der Waals surface area contributed by atoms with Crippen molar-refractivity contribution in [3.63, 3.8) is 0 Å². The van der Waals surface area contributed by atoms with Crippen LogP contribution in [0.5, 0.6) is 0 Å². The number of hydrogen-bond acceptors (Lipinski definition) is 5. The Bertz CT molecular complexity index is 621. The zero-order valence-corrected chi connectivity index (χ0v) is 10.8. The second-order valence-electron chi connectivity index (χ2n) is 4.06. The van der Waals surface area contributed by atoms with Crippen molar-refractivity contribution < 1.29 is 4.92 Å². The maximum absolute atomic E-state index is 10.7. The van der Waals surface area contributed by atoms with Gasteiger partial charge >= 0.3 is 0 Å². The Hall–Kier alpha value is -2.44. The van der Waals surface area contributed by atoms with Crippen molar-refractivity contribution in [1.29, 1.82) is 0 Å².